The first-order valence-electron chi connectivity index (χ1n) is 8.85. The molecule has 4 bridgehead atoms. The van der Waals surface area contributed by atoms with Crippen LogP contribution in [-0.4, -0.2) is 52.1 Å². The lowest BCUT2D eigenvalue weighted by atomic mass is 9.57. The monoisotopic (exact) mass is 331 g/mol. The molecule has 24 heavy (non-hydrogen) atoms. The molecule has 6 heteroatoms. The lowest BCUT2D eigenvalue weighted by Crippen LogP contribution is -2.78. The van der Waals surface area contributed by atoms with Crippen molar-refractivity contribution in [1.29, 1.82) is 0 Å². The number of aliphatic hydroxyl groups is 1. The van der Waals surface area contributed by atoms with Crippen LogP contribution in [0.2, 0.25) is 0 Å². The third kappa shape index (κ3) is 2.00. The van der Waals surface area contributed by atoms with Crippen LogP contribution < -0.4 is 0 Å². The van der Waals surface area contributed by atoms with Crippen molar-refractivity contribution in [2.24, 2.45) is 10.8 Å². The summed E-state index contributed by atoms with van der Waals surface area (Å²) in [5, 5.41) is 22.2. The molecule has 5 rings (SSSR count). The summed E-state index contributed by atoms with van der Waals surface area (Å²) in [7, 11) is 0. The van der Waals surface area contributed by atoms with Gasteiger partial charge in [-0.15, -0.1) is 0 Å². The quantitative estimate of drug-likeness (QED) is 0.678. The van der Waals surface area contributed by atoms with Crippen LogP contribution in [0.15, 0.2) is 24.3 Å². The molecule has 0 atom stereocenters. The van der Waals surface area contributed by atoms with Crippen LogP contribution in [0.3, 0.4) is 0 Å². The summed E-state index contributed by atoms with van der Waals surface area (Å²) in [4.78, 5) is 15.7. The van der Waals surface area contributed by atoms with Gasteiger partial charge in [0.25, 0.3) is 5.69 Å². The fraction of sp³-hybridized carbons (Fsp3) is 0.667. The molecule has 0 unspecified atom stereocenters. The average molecular weight is 331 g/mol. The summed E-state index contributed by atoms with van der Waals surface area (Å²) in [6.45, 7) is 7.83. The van der Waals surface area contributed by atoms with Crippen LogP contribution in [0.25, 0.3) is 0 Å². The Kier molecular flexibility index (Phi) is 3.50. The molecule has 4 aliphatic rings. The number of aliphatic hydroxyl groups excluding tert-OH is 1. The molecule has 130 valence electrons. The number of nitrogens with zero attached hydrogens (tertiary/aromatic N) is 3. The Labute approximate surface area is 142 Å². The largest absolute Gasteiger partial charge is 0.392 e. The maximum Gasteiger partial charge on any atom is 0.269 e. The standard InChI is InChI=1S/C18H25N3O3/c1-3-17-9-19-11-18(4-2,16(17)22)12-20(10-17)15(19)13-6-5-7-14(8-13)21(23)24/h5-8,15-16,22H,3-4,9-12H2,1-2H3. The molecule has 1 aromatic rings. The fourth-order valence-corrected chi connectivity index (χ4v) is 5.46. The molecule has 4 saturated heterocycles. The zero-order valence-corrected chi connectivity index (χ0v) is 14.3. The molecule has 1 aromatic carbocycles. The first kappa shape index (κ1) is 16.0. The molecule has 4 fully saturated rings. The molecule has 0 spiro atoms. The topological polar surface area (TPSA) is 69.9 Å². The number of benzene rings is 1. The van der Waals surface area contributed by atoms with Gasteiger partial charge in [0.15, 0.2) is 0 Å². The van der Waals surface area contributed by atoms with Gasteiger partial charge in [0.1, 0.15) is 0 Å². The molecule has 6 nitrogen and oxygen atoms in total. The zero-order valence-electron chi connectivity index (χ0n) is 14.3. The minimum absolute atomic E-state index is 0.0658. The molecule has 0 saturated carbocycles. The van der Waals surface area contributed by atoms with Gasteiger partial charge in [-0.05, 0) is 18.4 Å². The molecule has 4 aliphatic heterocycles. The zero-order chi connectivity index (χ0) is 17.1. The first-order chi connectivity index (χ1) is 11.4. The van der Waals surface area contributed by atoms with E-state index in [9.17, 15) is 15.2 Å². The van der Waals surface area contributed by atoms with Gasteiger partial charge < -0.3 is 5.11 Å². The van der Waals surface area contributed by atoms with E-state index in [1.807, 2.05) is 6.07 Å². The molecule has 0 aromatic heterocycles. The molecular weight excluding hydrogens is 306 g/mol. The SMILES string of the molecule is CCC12CN3CC(CC)(CN(C1)C3c1cccc([N+](=O)[O-])c1)C2O. The van der Waals surface area contributed by atoms with Crippen LogP contribution in [0.4, 0.5) is 5.69 Å². The van der Waals surface area contributed by atoms with E-state index in [2.05, 4.69) is 23.6 Å². The van der Waals surface area contributed by atoms with Crippen molar-refractivity contribution in [2.45, 2.75) is 39.0 Å². The summed E-state index contributed by atoms with van der Waals surface area (Å²) < 4.78 is 0. The van der Waals surface area contributed by atoms with Crippen molar-refractivity contribution in [3.05, 3.63) is 39.9 Å². The van der Waals surface area contributed by atoms with Crippen molar-refractivity contribution in [2.75, 3.05) is 26.2 Å². The number of piperidine rings is 2. The summed E-state index contributed by atoms with van der Waals surface area (Å²) in [5.41, 5.74) is 1.02. The van der Waals surface area contributed by atoms with Crippen LogP contribution in [0, 0.1) is 20.9 Å². The van der Waals surface area contributed by atoms with Gasteiger partial charge in [-0.25, -0.2) is 0 Å². The van der Waals surface area contributed by atoms with E-state index in [-0.39, 0.29) is 33.7 Å². The van der Waals surface area contributed by atoms with Gasteiger partial charge in [0, 0.05) is 49.1 Å². The fourth-order valence-electron chi connectivity index (χ4n) is 5.46. The van der Waals surface area contributed by atoms with Crippen molar-refractivity contribution in [3.63, 3.8) is 0 Å². The lowest BCUT2D eigenvalue weighted by Gasteiger charge is -2.69. The number of hydrogen-bond donors (Lipinski definition) is 1. The van der Waals surface area contributed by atoms with E-state index in [0.29, 0.717) is 0 Å². The smallest absolute Gasteiger partial charge is 0.269 e. The number of nitro groups is 1. The summed E-state index contributed by atoms with van der Waals surface area (Å²) in [6, 6.07) is 7.03. The number of non-ortho nitro benzene ring substituents is 1. The first-order valence-corrected chi connectivity index (χ1v) is 8.85. The summed E-state index contributed by atoms with van der Waals surface area (Å²) in [6.07, 6.45) is 1.77. The van der Waals surface area contributed by atoms with E-state index < -0.39 is 0 Å². The van der Waals surface area contributed by atoms with Crippen molar-refractivity contribution < 1.29 is 10.0 Å². The lowest BCUT2D eigenvalue weighted by molar-refractivity contribution is -0.385. The highest BCUT2D eigenvalue weighted by Gasteiger charge is 2.64. The third-order valence-electron chi connectivity index (χ3n) is 6.71. The van der Waals surface area contributed by atoms with Crippen LogP contribution in [0.1, 0.15) is 38.4 Å². The molecule has 0 amide bonds. The highest BCUT2D eigenvalue weighted by atomic mass is 16.6. The maximum atomic E-state index is 11.1. The Balaban J connectivity index is 1.73. The third-order valence-corrected chi connectivity index (χ3v) is 6.71. The van der Waals surface area contributed by atoms with Crippen LogP contribution >= 0.6 is 0 Å². The van der Waals surface area contributed by atoms with Gasteiger partial charge in [0.05, 0.1) is 17.2 Å². The Morgan fingerprint density at radius 2 is 1.71 bits per heavy atom. The molecule has 0 aliphatic carbocycles. The minimum atomic E-state index is -0.324. The van der Waals surface area contributed by atoms with Gasteiger partial charge in [-0.1, -0.05) is 26.0 Å². The summed E-state index contributed by atoms with van der Waals surface area (Å²) in [5.74, 6) is 0. The van der Waals surface area contributed by atoms with Crippen molar-refractivity contribution in [3.8, 4) is 0 Å². The molecular formula is C18H25N3O3. The molecule has 0 radical (unpaired) electrons. The van der Waals surface area contributed by atoms with Gasteiger partial charge in [0.2, 0.25) is 0 Å². The Morgan fingerprint density at radius 3 is 2.17 bits per heavy atom. The van der Waals surface area contributed by atoms with Gasteiger partial charge >= 0.3 is 0 Å². The Morgan fingerprint density at radius 1 is 1.17 bits per heavy atom. The minimum Gasteiger partial charge on any atom is -0.392 e. The normalized spacial score (nSPS) is 43.1. The number of rotatable bonds is 4. The van der Waals surface area contributed by atoms with E-state index in [1.165, 1.54) is 0 Å². The second-order valence-corrected chi connectivity index (χ2v) is 7.87. The Bertz CT molecular complexity index is 637. The van der Waals surface area contributed by atoms with Gasteiger partial charge in [-0.3, -0.25) is 19.9 Å². The average Bonchev–Trinajstić information content (AvgIpc) is 2.58. The maximum absolute atomic E-state index is 11.1. The van der Waals surface area contributed by atoms with E-state index in [1.54, 1.807) is 18.2 Å². The van der Waals surface area contributed by atoms with Crippen molar-refractivity contribution in [1.82, 2.24) is 9.80 Å². The molecule has 4 heterocycles. The highest BCUT2D eigenvalue weighted by Crippen LogP contribution is 2.57. The van der Waals surface area contributed by atoms with Crippen LogP contribution in [0.5, 0.6) is 0 Å². The van der Waals surface area contributed by atoms with Crippen molar-refractivity contribution >= 4 is 5.69 Å². The second kappa shape index (κ2) is 5.25. The van der Waals surface area contributed by atoms with Gasteiger partial charge in [-0.2, -0.15) is 0 Å². The van der Waals surface area contributed by atoms with E-state index >= 15 is 0 Å². The highest BCUT2D eigenvalue weighted by molar-refractivity contribution is 5.37. The van der Waals surface area contributed by atoms with Crippen LogP contribution in [-0.2, 0) is 0 Å². The number of hydrogen-bond acceptors (Lipinski definition) is 5. The number of nitro benzene ring substituents is 1. The van der Waals surface area contributed by atoms with E-state index in [4.69, 9.17) is 0 Å². The van der Waals surface area contributed by atoms with E-state index in [0.717, 1.165) is 44.6 Å². The predicted octanol–water partition coefficient (Wildman–Crippen LogP) is 2.39. The summed E-state index contributed by atoms with van der Waals surface area (Å²) >= 11 is 0. The molecule has 1 N–H and O–H groups in total. The second-order valence-electron chi connectivity index (χ2n) is 7.87. The predicted molar refractivity (Wildman–Crippen MR) is 90.4 cm³/mol. The Hall–Kier alpha value is -1.50.